The lowest BCUT2D eigenvalue weighted by atomic mass is 9.81. The van der Waals surface area contributed by atoms with Crippen LogP contribution < -0.4 is 5.32 Å². The van der Waals surface area contributed by atoms with Crippen molar-refractivity contribution < 1.29 is 4.74 Å². The summed E-state index contributed by atoms with van der Waals surface area (Å²) in [5.74, 6) is 1.77. The number of hydrogen-bond acceptors (Lipinski definition) is 3. The van der Waals surface area contributed by atoms with Crippen LogP contribution in [0.4, 0.5) is 0 Å². The first-order valence-electron chi connectivity index (χ1n) is 6.96. The standard InChI is InChI=1S/C15H21NOS/c1-16-15(13-6-2-3-9-17-13)12-5-4-7-14-11(12)8-10-18-14/h6,8,10,12,15-16H,2-5,7,9H2,1H3. The fourth-order valence-electron chi connectivity index (χ4n) is 3.20. The van der Waals surface area contributed by atoms with Gasteiger partial charge < -0.3 is 10.1 Å². The van der Waals surface area contributed by atoms with E-state index in [2.05, 4.69) is 29.9 Å². The number of thiophene rings is 1. The van der Waals surface area contributed by atoms with Crippen molar-refractivity contribution in [3.63, 3.8) is 0 Å². The Morgan fingerprint density at radius 2 is 2.39 bits per heavy atom. The summed E-state index contributed by atoms with van der Waals surface area (Å²) in [6.45, 7) is 0.882. The second-order valence-electron chi connectivity index (χ2n) is 5.16. The molecule has 0 amide bonds. The summed E-state index contributed by atoms with van der Waals surface area (Å²) in [7, 11) is 2.06. The molecule has 0 radical (unpaired) electrons. The van der Waals surface area contributed by atoms with Gasteiger partial charge in [0.1, 0.15) is 5.76 Å². The average molecular weight is 263 g/mol. The van der Waals surface area contributed by atoms with Crippen LogP contribution in [-0.2, 0) is 11.2 Å². The quantitative estimate of drug-likeness (QED) is 0.902. The molecule has 3 heteroatoms. The summed E-state index contributed by atoms with van der Waals surface area (Å²) in [6, 6.07) is 2.68. The van der Waals surface area contributed by atoms with Crippen LogP contribution in [0.25, 0.3) is 0 Å². The highest BCUT2D eigenvalue weighted by Gasteiger charge is 2.31. The molecule has 0 saturated heterocycles. The Kier molecular flexibility index (Phi) is 3.71. The molecular formula is C15H21NOS. The Hall–Kier alpha value is -0.800. The summed E-state index contributed by atoms with van der Waals surface area (Å²) in [6.07, 6.45) is 8.45. The van der Waals surface area contributed by atoms with Crippen molar-refractivity contribution in [3.8, 4) is 0 Å². The van der Waals surface area contributed by atoms with E-state index in [1.54, 1.807) is 10.4 Å². The first-order valence-corrected chi connectivity index (χ1v) is 7.84. The molecule has 1 aliphatic carbocycles. The van der Waals surface area contributed by atoms with Crippen molar-refractivity contribution in [2.24, 2.45) is 0 Å². The number of ether oxygens (including phenoxy) is 1. The molecule has 1 aromatic rings. The van der Waals surface area contributed by atoms with E-state index in [0.717, 1.165) is 19.4 Å². The van der Waals surface area contributed by atoms with E-state index in [1.165, 1.54) is 25.0 Å². The molecule has 2 unspecified atom stereocenters. The van der Waals surface area contributed by atoms with Gasteiger partial charge >= 0.3 is 0 Å². The number of aryl methyl sites for hydroxylation is 1. The highest BCUT2D eigenvalue weighted by atomic mass is 32.1. The van der Waals surface area contributed by atoms with Crippen LogP contribution >= 0.6 is 11.3 Å². The Balaban J connectivity index is 1.87. The van der Waals surface area contributed by atoms with Crippen LogP contribution in [0, 0.1) is 0 Å². The lowest BCUT2D eigenvalue weighted by Gasteiger charge is -2.33. The summed E-state index contributed by atoms with van der Waals surface area (Å²) in [4.78, 5) is 1.59. The van der Waals surface area contributed by atoms with E-state index < -0.39 is 0 Å². The Morgan fingerprint density at radius 3 is 3.17 bits per heavy atom. The van der Waals surface area contributed by atoms with Crippen molar-refractivity contribution in [3.05, 3.63) is 33.7 Å². The number of fused-ring (bicyclic) bond motifs is 1. The average Bonchev–Trinajstić information content (AvgIpc) is 2.90. The van der Waals surface area contributed by atoms with Crippen LogP contribution in [0.1, 0.15) is 42.0 Å². The predicted octanol–water partition coefficient (Wildman–Crippen LogP) is 3.45. The normalized spacial score (nSPS) is 24.9. The third-order valence-corrected chi connectivity index (χ3v) is 5.08. The smallest absolute Gasteiger partial charge is 0.109 e. The molecule has 0 spiro atoms. The second-order valence-corrected chi connectivity index (χ2v) is 6.16. The molecular weight excluding hydrogens is 242 g/mol. The molecule has 1 aromatic heterocycles. The molecule has 0 bridgehead atoms. The second kappa shape index (κ2) is 5.45. The van der Waals surface area contributed by atoms with Crippen LogP contribution in [0.15, 0.2) is 23.3 Å². The molecule has 98 valence electrons. The molecule has 1 aliphatic heterocycles. The van der Waals surface area contributed by atoms with Gasteiger partial charge in [0.25, 0.3) is 0 Å². The molecule has 2 atom stereocenters. The molecule has 0 fully saturated rings. The third kappa shape index (κ3) is 2.21. The van der Waals surface area contributed by atoms with E-state index in [4.69, 9.17) is 4.74 Å². The molecule has 2 aliphatic rings. The summed E-state index contributed by atoms with van der Waals surface area (Å²) >= 11 is 1.92. The topological polar surface area (TPSA) is 21.3 Å². The van der Waals surface area contributed by atoms with Gasteiger partial charge in [-0.05, 0) is 62.2 Å². The van der Waals surface area contributed by atoms with Crippen LogP contribution in [0.5, 0.6) is 0 Å². The van der Waals surface area contributed by atoms with Crippen molar-refractivity contribution >= 4 is 11.3 Å². The number of likely N-dealkylation sites (N-methyl/N-ethyl adjacent to an activating group) is 1. The largest absolute Gasteiger partial charge is 0.497 e. The minimum absolute atomic E-state index is 0.360. The van der Waals surface area contributed by atoms with E-state index in [1.807, 2.05) is 11.3 Å². The molecule has 18 heavy (non-hydrogen) atoms. The zero-order valence-corrected chi connectivity index (χ0v) is 11.8. The van der Waals surface area contributed by atoms with Crippen molar-refractivity contribution in [1.29, 1.82) is 0 Å². The van der Waals surface area contributed by atoms with E-state index in [9.17, 15) is 0 Å². The summed E-state index contributed by atoms with van der Waals surface area (Å²) in [5.41, 5.74) is 1.56. The molecule has 0 saturated carbocycles. The molecule has 2 nitrogen and oxygen atoms in total. The van der Waals surface area contributed by atoms with Gasteiger partial charge in [-0.2, -0.15) is 0 Å². The first kappa shape index (κ1) is 12.2. The number of rotatable bonds is 3. The summed E-state index contributed by atoms with van der Waals surface area (Å²) in [5, 5.41) is 5.73. The third-order valence-electron chi connectivity index (χ3n) is 4.08. The zero-order chi connectivity index (χ0) is 12.4. The fourth-order valence-corrected chi connectivity index (χ4v) is 4.20. The van der Waals surface area contributed by atoms with Crippen LogP contribution in [-0.4, -0.2) is 19.7 Å². The summed E-state index contributed by atoms with van der Waals surface area (Å²) < 4.78 is 5.88. The maximum absolute atomic E-state index is 5.88. The van der Waals surface area contributed by atoms with Gasteiger partial charge in [-0.15, -0.1) is 11.3 Å². The van der Waals surface area contributed by atoms with Crippen molar-refractivity contribution in [2.75, 3.05) is 13.7 Å². The SMILES string of the molecule is CNC(C1=CCCCO1)C1CCCc2sccc21. The van der Waals surface area contributed by atoms with Crippen LogP contribution in [0.2, 0.25) is 0 Å². The fraction of sp³-hybridized carbons (Fsp3) is 0.600. The lowest BCUT2D eigenvalue weighted by Crippen LogP contribution is -2.37. The highest BCUT2D eigenvalue weighted by molar-refractivity contribution is 7.10. The number of hydrogen-bond donors (Lipinski definition) is 1. The number of allylic oxidation sites excluding steroid dienone is 1. The maximum atomic E-state index is 5.88. The van der Waals surface area contributed by atoms with Gasteiger partial charge in [0.15, 0.2) is 0 Å². The Labute approximate surface area is 113 Å². The first-order chi connectivity index (χ1) is 8.90. The van der Waals surface area contributed by atoms with Crippen LogP contribution in [0.3, 0.4) is 0 Å². The zero-order valence-electron chi connectivity index (χ0n) is 10.9. The molecule has 3 rings (SSSR count). The molecule has 1 N–H and O–H groups in total. The van der Waals surface area contributed by atoms with Gasteiger partial charge in [0.2, 0.25) is 0 Å². The van der Waals surface area contributed by atoms with Crippen molar-refractivity contribution in [2.45, 2.75) is 44.1 Å². The minimum atomic E-state index is 0.360. The minimum Gasteiger partial charge on any atom is -0.497 e. The monoisotopic (exact) mass is 263 g/mol. The lowest BCUT2D eigenvalue weighted by molar-refractivity contribution is 0.160. The van der Waals surface area contributed by atoms with Gasteiger partial charge in [-0.1, -0.05) is 0 Å². The van der Waals surface area contributed by atoms with Crippen molar-refractivity contribution in [1.82, 2.24) is 5.32 Å². The molecule has 0 aromatic carbocycles. The predicted molar refractivity (Wildman–Crippen MR) is 76.1 cm³/mol. The van der Waals surface area contributed by atoms with Gasteiger partial charge in [0, 0.05) is 10.8 Å². The Bertz CT molecular complexity index is 437. The van der Waals surface area contributed by atoms with Gasteiger partial charge in [-0.25, -0.2) is 0 Å². The molecule has 2 heterocycles. The van der Waals surface area contributed by atoms with E-state index in [0.29, 0.717) is 12.0 Å². The maximum Gasteiger partial charge on any atom is 0.109 e. The van der Waals surface area contributed by atoms with E-state index in [-0.39, 0.29) is 0 Å². The Morgan fingerprint density at radius 1 is 1.44 bits per heavy atom. The highest BCUT2D eigenvalue weighted by Crippen LogP contribution is 2.39. The number of nitrogens with one attached hydrogen (secondary N) is 1. The van der Waals surface area contributed by atoms with Gasteiger partial charge in [-0.3, -0.25) is 0 Å². The van der Waals surface area contributed by atoms with E-state index >= 15 is 0 Å². The van der Waals surface area contributed by atoms with Gasteiger partial charge in [0.05, 0.1) is 12.6 Å².